The summed E-state index contributed by atoms with van der Waals surface area (Å²) in [4.78, 5) is 21.3. The molecular weight excluding hydrogens is 472 g/mol. The van der Waals surface area contributed by atoms with E-state index < -0.39 is 10.8 Å². The highest BCUT2D eigenvalue weighted by molar-refractivity contribution is 6.19. The summed E-state index contributed by atoms with van der Waals surface area (Å²) in [5, 5.41) is 17.7. The Kier molecular flexibility index (Phi) is 6.32. The molecule has 1 amide bonds. The van der Waals surface area contributed by atoms with E-state index in [4.69, 9.17) is 19.2 Å². The number of hydrogen-bond donors (Lipinski definition) is 2. The number of hydroxylamine groups is 2. The zero-order valence-corrected chi connectivity index (χ0v) is 21.1. The predicted octanol–water partition coefficient (Wildman–Crippen LogP) is 4.24. The third-order valence-electron chi connectivity index (χ3n) is 6.50. The Bertz CT molecular complexity index is 1450. The molecule has 2 atom stereocenters. The summed E-state index contributed by atoms with van der Waals surface area (Å²) >= 11 is 0. The maximum Gasteiger partial charge on any atom is 0.269 e. The van der Waals surface area contributed by atoms with Crippen LogP contribution in [0.5, 0.6) is 17.2 Å². The van der Waals surface area contributed by atoms with Gasteiger partial charge in [0.1, 0.15) is 35.2 Å². The molecule has 0 aliphatic carbocycles. The minimum atomic E-state index is -0.833. The summed E-state index contributed by atoms with van der Waals surface area (Å²) in [6.45, 7) is -0.00668. The Hall–Kier alpha value is -4.34. The Morgan fingerprint density at radius 3 is 2.35 bits per heavy atom. The molecule has 0 bridgehead atoms. The highest BCUT2D eigenvalue weighted by atomic mass is 16.5. The van der Waals surface area contributed by atoms with E-state index >= 15 is 0 Å². The van der Waals surface area contributed by atoms with E-state index in [0.29, 0.717) is 45.5 Å². The van der Waals surface area contributed by atoms with Crippen LogP contribution >= 0.6 is 0 Å². The van der Waals surface area contributed by atoms with Crippen LogP contribution in [0, 0.1) is 5.21 Å². The number of nitrogens with one attached hydrogen (secondary N) is 2. The van der Waals surface area contributed by atoms with E-state index in [1.807, 2.05) is 42.5 Å². The fourth-order valence-electron chi connectivity index (χ4n) is 4.72. The third-order valence-corrected chi connectivity index (χ3v) is 6.50. The van der Waals surface area contributed by atoms with Gasteiger partial charge in [-0.3, -0.25) is 9.79 Å². The van der Waals surface area contributed by atoms with Crippen LogP contribution < -0.4 is 24.2 Å². The first-order valence-corrected chi connectivity index (χ1v) is 11.8. The normalized spacial score (nSPS) is 18.9. The molecule has 9 nitrogen and oxygen atoms in total. The SMILES string of the molecule is COc1cc(OC)c(C2=NC(NC(=O)c3cc4ccccc4[nH]3)C[N+](C)([O-])c3ccccc32)c(OC)c1. The minimum absolute atomic E-state index is 0.00668. The van der Waals surface area contributed by atoms with Gasteiger partial charge in [0, 0.05) is 29.1 Å². The topological polar surface area (TPSA) is 108 Å². The monoisotopic (exact) mass is 500 g/mol. The number of aromatic amines is 1. The molecule has 0 saturated carbocycles. The van der Waals surface area contributed by atoms with Crippen LogP contribution in [0.4, 0.5) is 5.69 Å². The van der Waals surface area contributed by atoms with E-state index in [2.05, 4.69) is 10.3 Å². The quantitative estimate of drug-likeness (QED) is 0.304. The van der Waals surface area contributed by atoms with Crippen molar-refractivity contribution in [2.75, 3.05) is 34.9 Å². The molecule has 2 unspecified atom stereocenters. The Morgan fingerprint density at radius 2 is 1.68 bits per heavy atom. The molecule has 3 aromatic carbocycles. The number of ether oxygens (including phenoxy) is 3. The summed E-state index contributed by atoms with van der Waals surface area (Å²) in [6, 6.07) is 20.2. The smallest absolute Gasteiger partial charge is 0.269 e. The number of quaternary nitrogens is 1. The molecular formula is C28H28N4O5. The first kappa shape index (κ1) is 24.4. The van der Waals surface area contributed by atoms with Crippen molar-refractivity contribution in [1.82, 2.24) is 14.9 Å². The van der Waals surface area contributed by atoms with Gasteiger partial charge in [-0.25, -0.2) is 0 Å². The van der Waals surface area contributed by atoms with Crippen LogP contribution in [0.3, 0.4) is 0 Å². The molecule has 37 heavy (non-hydrogen) atoms. The molecule has 5 rings (SSSR count). The van der Waals surface area contributed by atoms with Crippen LogP contribution in [-0.4, -0.2) is 57.7 Å². The lowest BCUT2D eigenvalue weighted by atomic mass is 9.98. The second-order valence-corrected chi connectivity index (χ2v) is 8.94. The summed E-state index contributed by atoms with van der Waals surface area (Å²) < 4.78 is 16.1. The number of hydrogen-bond acceptors (Lipinski definition) is 6. The molecule has 9 heteroatoms. The zero-order chi connectivity index (χ0) is 26.2. The van der Waals surface area contributed by atoms with Crippen molar-refractivity contribution < 1.29 is 19.0 Å². The van der Waals surface area contributed by atoms with Gasteiger partial charge in [0.05, 0.1) is 45.2 Å². The molecule has 2 heterocycles. The number of carbonyl (C=O) groups is 1. The summed E-state index contributed by atoms with van der Waals surface area (Å²) in [7, 11) is 6.21. The average molecular weight is 501 g/mol. The van der Waals surface area contributed by atoms with Gasteiger partial charge in [0.25, 0.3) is 5.91 Å². The van der Waals surface area contributed by atoms with Crippen LogP contribution in [0.2, 0.25) is 0 Å². The Labute approximate surface area is 214 Å². The van der Waals surface area contributed by atoms with Crippen molar-refractivity contribution >= 4 is 28.2 Å². The van der Waals surface area contributed by atoms with Crippen LogP contribution in [0.25, 0.3) is 10.9 Å². The van der Waals surface area contributed by atoms with Gasteiger partial charge < -0.3 is 34.4 Å². The number of benzene rings is 3. The van der Waals surface area contributed by atoms with Crippen molar-refractivity contribution in [2.45, 2.75) is 6.17 Å². The van der Waals surface area contributed by atoms with Crippen molar-refractivity contribution in [3.8, 4) is 17.2 Å². The fraction of sp³-hybridized carbons (Fsp3) is 0.214. The molecule has 190 valence electrons. The van der Waals surface area contributed by atoms with Crippen molar-refractivity contribution in [3.63, 3.8) is 0 Å². The number of methoxy groups -OCH3 is 3. The molecule has 4 aromatic rings. The number of likely N-dealkylation sites (N-methyl/N-ethyl adjacent to an activating group) is 1. The van der Waals surface area contributed by atoms with Crippen LogP contribution in [-0.2, 0) is 0 Å². The Morgan fingerprint density at radius 1 is 1.00 bits per heavy atom. The van der Waals surface area contributed by atoms with Gasteiger partial charge >= 0.3 is 0 Å². The molecule has 0 fully saturated rings. The molecule has 0 spiro atoms. The minimum Gasteiger partial charge on any atom is -0.627 e. The maximum absolute atomic E-state index is 13.8. The average Bonchev–Trinajstić information content (AvgIpc) is 3.31. The third kappa shape index (κ3) is 4.50. The number of rotatable bonds is 6. The number of H-pyrrole nitrogens is 1. The molecule has 0 saturated heterocycles. The van der Waals surface area contributed by atoms with Crippen molar-refractivity contribution in [1.29, 1.82) is 0 Å². The van der Waals surface area contributed by atoms with E-state index in [-0.39, 0.29) is 12.5 Å². The number of carbonyl (C=O) groups excluding carboxylic acids is 1. The van der Waals surface area contributed by atoms with Crippen LogP contribution in [0.15, 0.2) is 71.7 Å². The first-order valence-electron chi connectivity index (χ1n) is 11.8. The number of amides is 1. The number of aliphatic imine (C=N–C) groups is 1. The van der Waals surface area contributed by atoms with Gasteiger partial charge in [-0.05, 0) is 18.2 Å². The van der Waals surface area contributed by atoms with Crippen molar-refractivity contribution in [3.05, 3.63) is 88.8 Å². The lowest BCUT2D eigenvalue weighted by Crippen LogP contribution is -2.49. The second kappa shape index (κ2) is 9.61. The molecule has 1 aromatic heterocycles. The van der Waals surface area contributed by atoms with Gasteiger partial charge in [-0.1, -0.05) is 30.3 Å². The van der Waals surface area contributed by atoms with Crippen LogP contribution in [0.1, 0.15) is 21.6 Å². The first-order chi connectivity index (χ1) is 17.8. The van der Waals surface area contributed by atoms with E-state index in [0.717, 1.165) is 10.9 Å². The Balaban J connectivity index is 1.64. The number of nitrogens with zero attached hydrogens (tertiary/aromatic N) is 2. The number of benzodiazepines with no additional fused rings is 1. The molecule has 2 N–H and O–H groups in total. The summed E-state index contributed by atoms with van der Waals surface area (Å²) in [6.07, 6.45) is -0.833. The molecule has 0 radical (unpaired) electrons. The highest BCUT2D eigenvalue weighted by Crippen LogP contribution is 2.39. The fourth-order valence-corrected chi connectivity index (χ4v) is 4.72. The van der Waals surface area contributed by atoms with Gasteiger partial charge in [0.15, 0.2) is 6.17 Å². The lowest BCUT2D eigenvalue weighted by Gasteiger charge is -2.39. The molecule has 1 aliphatic rings. The van der Waals surface area contributed by atoms with Gasteiger partial charge in [0.2, 0.25) is 0 Å². The van der Waals surface area contributed by atoms with Gasteiger partial charge in [-0.15, -0.1) is 0 Å². The van der Waals surface area contributed by atoms with E-state index in [1.54, 1.807) is 52.6 Å². The molecule has 1 aliphatic heterocycles. The standard InChI is InChI=1S/C28H28N4O5/c1-32(34)16-25(31-28(33)21-13-17-9-5-7-11-20(17)29-21)30-27(19-10-6-8-12-22(19)32)26-23(36-3)14-18(35-2)15-24(26)37-4/h5-15,25,29H,16H2,1-4H3,(H,31,33). The van der Waals surface area contributed by atoms with E-state index in [9.17, 15) is 10.0 Å². The highest BCUT2D eigenvalue weighted by Gasteiger charge is 2.34. The summed E-state index contributed by atoms with van der Waals surface area (Å²) in [5.41, 5.74) is 3.42. The largest absolute Gasteiger partial charge is 0.627 e. The predicted molar refractivity (Wildman–Crippen MR) is 144 cm³/mol. The van der Waals surface area contributed by atoms with E-state index in [1.165, 1.54) is 0 Å². The number of fused-ring (bicyclic) bond motifs is 2. The van der Waals surface area contributed by atoms with Crippen molar-refractivity contribution in [2.24, 2.45) is 4.99 Å². The second-order valence-electron chi connectivity index (χ2n) is 8.94. The zero-order valence-electron chi connectivity index (χ0n) is 21.1. The van der Waals surface area contributed by atoms with Gasteiger partial charge in [-0.2, -0.15) is 0 Å². The maximum atomic E-state index is 13.8. The lowest BCUT2D eigenvalue weighted by molar-refractivity contribution is 0.0930. The number of para-hydroxylation sites is 2. The number of aromatic nitrogens is 1. The summed E-state index contributed by atoms with van der Waals surface area (Å²) in [5.74, 6) is 1.12.